The van der Waals surface area contributed by atoms with Crippen molar-refractivity contribution in [3.05, 3.63) is 69.8 Å². The highest BCUT2D eigenvalue weighted by Gasteiger charge is 2.22. The first-order valence-corrected chi connectivity index (χ1v) is 9.15. The van der Waals surface area contributed by atoms with E-state index in [9.17, 15) is 23.2 Å². The van der Waals surface area contributed by atoms with E-state index in [2.05, 4.69) is 5.32 Å². The Labute approximate surface area is 168 Å². The van der Waals surface area contributed by atoms with Gasteiger partial charge in [0.05, 0.1) is 12.0 Å². The van der Waals surface area contributed by atoms with Crippen molar-refractivity contribution >= 4 is 17.7 Å². The van der Waals surface area contributed by atoms with Crippen LogP contribution in [0.5, 0.6) is 0 Å². The van der Waals surface area contributed by atoms with Crippen molar-refractivity contribution in [2.75, 3.05) is 6.54 Å². The van der Waals surface area contributed by atoms with E-state index in [1.165, 1.54) is 6.92 Å². The summed E-state index contributed by atoms with van der Waals surface area (Å²) in [6.45, 7) is 7.04. The van der Waals surface area contributed by atoms with Crippen molar-refractivity contribution in [2.24, 2.45) is 0 Å². The molecule has 0 bridgehead atoms. The third kappa shape index (κ3) is 5.70. The minimum Gasteiger partial charge on any atom is -0.454 e. The van der Waals surface area contributed by atoms with E-state index in [0.29, 0.717) is 11.6 Å². The maximum absolute atomic E-state index is 13.6. The number of hydrogen-bond acceptors (Lipinski definition) is 4. The molecule has 0 saturated carbocycles. The van der Waals surface area contributed by atoms with Crippen molar-refractivity contribution in [3.63, 3.8) is 0 Å². The maximum Gasteiger partial charge on any atom is 0.308 e. The summed E-state index contributed by atoms with van der Waals surface area (Å²) in [6.07, 6.45) is -1.17. The number of aryl methyl sites for hydroxylation is 3. The van der Waals surface area contributed by atoms with E-state index >= 15 is 0 Å². The molecule has 2 rings (SSSR count). The van der Waals surface area contributed by atoms with Gasteiger partial charge in [0.25, 0.3) is 5.91 Å². The van der Waals surface area contributed by atoms with Crippen LogP contribution in [0, 0.1) is 32.4 Å². The van der Waals surface area contributed by atoms with Gasteiger partial charge in [-0.1, -0.05) is 6.07 Å². The molecule has 0 spiro atoms. The average molecular weight is 403 g/mol. The zero-order valence-electron chi connectivity index (χ0n) is 16.8. The summed E-state index contributed by atoms with van der Waals surface area (Å²) in [4.78, 5) is 36.4. The number of hydrogen-bond donors (Lipinski definition) is 1. The Bertz CT molecular complexity index is 956. The highest BCUT2D eigenvalue weighted by molar-refractivity contribution is 6.01. The maximum atomic E-state index is 13.6. The van der Waals surface area contributed by atoms with Gasteiger partial charge in [-0.3, -0.25) is 14.4 Å². The molecule has 1 atom stereocenters. The zero-order chi connectivity index (χ0) is 21.7. The number of halogens is 2. The number of carbonyl (C=O) groups is 3. The molecule has 0 aliphatic rings. The quantitative estimate of drug-likeness (QED) is 0.563. The van der Waals surface area contributed by atoms with Gasteiger partial charge in [-0.05, 0) is 62.6 Å². The SMILES string of the molecule is Cc1cc(C)c(C(=O)C(C)OC(=O)CCNC(=O)c2ccc(F)cc2F)cc1C. The predicted molar refractivity (Wildman–Crippen MR) is 104 cm³/mol. The Morgan fingerprint density at radius 1 is 0.966 bits per heavy atom. The van der Waals surface area contributed by atoms with E-state index in [1.54, 1.807) is 6.07 Å². The van der Waals surface area contributed by atoms with Gasteiger partial charge in [0.15, 0.2) is 6.10 Å². The highest BCUT2D eigenvalue weighted by Crippen LogP contribution is 2.18. The first-order valence-electron chi connectivity index (χ1n) is 9.15. The molecule has 7 heteroatoms. The molecular formula is C22H23F2NO4. The summed E-state index contributed by atoms with van der Waals surface area (Å²) in [7, 11) is 0. The molecule has 2 aromatic rings. The third-order valence-corrected chi connectivity index (χ3v) is 4.57. The highest BCUT2D eigenvalue weighted by atomic mass is 19.1. The van der Waals surface area contributed by atoms with Crippen molar-refractivity contribution in [1.82, 2.24) is 5.32 Å². The number of ketones is 1. The van der Waals surface area contributed by atoms with E-state index in [-0.39, 0.29) is 24.3 Å². The predicted octanol–water partition coefficient (Wildman–Crippen LogP) is 3.82. The fourth-order valence-corrected chi connectivity index (χ4v) is 2.80. The molecule has 0 aliphatic heterocycles. The normalized spacial score (nSPS) is 11.7. The minimum absolute atomic E-state index is 0.113. The van der Waals surface area contributed by atoms with E-state index in [1.807, 2.05) is 26.8 Å². The molecular weight excluding hydrogens is 380 g/mol. The van der Waals surface area contributed by atoms with Gasteiger partial charge in [0, 0.05) is 18.2 Å². The fourth-order valence-electron chi connectivity index (χ4n) is 2.80. The van der Waals surface area contributed by atoms with Crippen LogP contribution in [0.1, 0.15) is 50.8 Å². The molecule has 0 fully saturated rings. The van der Waals surface area contributed by atoms with Crippen LogP contribution in [0.3, 0.4) is 0 Å². The van der Waals surface area contributed by atoms with Crippen molar-refractivity contribution in [2.45, 2.75) is 40.2 Å². The summed E-state index contributed by atoms with van der Waals surface area (Å²) in [5, 5.41) is 2.36. The second-order valence-corrected chi connectivity index (χ2v) is 6.88. The van der Waals surface area contributed by atoms with Gasteiger partial charge in [-0.15, -0.1) is 0 Å². The van der Waals surface area contributed by atoms with Crippen LogP contribution in [0.4, 0.5) is 8.78 Å². The molecule has 29 heavy (non-hydrogen) atoms. The molecule has 0 heterocycles. The number of amides is 1. The lowest BCUT2D eigenvalue weighted by molar-refractivity contribution is -0.146. The number of Topliss-reactive ketones (excluding diaryl/α,β-unsaturated/α-hetero) is 1. The van der Waals surface area contributed by atoms with E-state index in [0.717, 1.165) is 28.8 Å². The van der Waals surface area contributed by atoms with Crippen LogP contribution in [-0.4, -0.2) is 30.3 Å². The minimum atomic E-state index is -0.993. The van der Waals surface area contributed by atoms with Crippen LogP contribution in [0.25, 0.3) is 0 Å². The Morgan fingerprint density at radius 3 is 2.28 bits per heavy atom. The lowest BCUT2D eigenvalue weighted by Gasteiger charge is -2.15. The summed E-state index contributed by atoms with van der Waals surface area (Å²) in [5.74, 6) is -3.54. The van der Waals surface area contributed by atoms with Gasteiger partial charge < -0.3 is 10.1 Å². The summed E-state index contributed by atoms with van der Waals surface area (Å²) < 4.78 is 31.6. The summed E-state index contributed by atoms with van der Waals surface area (Å²) >= 11 is 0. The first kappa shape index (κ1) is 22.2. The lowest BCUT2D eigenvalue weighted by atomic mass is 9.96. The monoisotopic (exact) mass is 403 g/mol. The smallest absolute Gasteiger partial charge is 0.308 e. The Hall–Kier alpha value is -3.09. The van der Waals surface area contributed by atoms with Gasteiger partial charge in [0.1, 0.15) is 11.6 Å². The van der Waals surface area contributed by atoms with Crippen molar-refractivity contribution in [1.29, 1.82) is 0 Å². The Morgan fingerprint density at radius 2 is 1.62 bits per heavy atom. The standard InChI is InChI=1S/C22H23F2NO4/c1-12-9-14(3)18(10-13(12)2)21(27)15(4)29-20(26)7-8-25-22(28)17-6-5-16(23)11-19(17)24/h5-6,9-11,15H,7-8H2,1-4H3,(H,25,28). The number of nitrogens with one attached hydrogen (secondary N) is 1. The molecule has 154 valence electrons. The van der Waals surface area contributed by atoms with Crippen LogP contribution in [0.2, 0.25) is 0 Å². The number of rotatable bonds is 7. The van der Waals surface area contributed by atoms with Crippen molar-refractivity contribution in [3.8, 4) is 0 Å². The van der Waals surface area contributed by atoms with Gasteiger partial charge in [-0.25, -0.2) is 8.78 Å². The summed E-state index contributed by atoms with van der Waals surface area (Å²) in [5.41, 5.74) is 3.00. The molecule has 0 saturated heterocycles. The average Bonchev–Trinajstić information content (AvgIpc) is 2.63. The van der Waals surface area contributed by atoms with Crippen LogP contribution < -0.4 is 5.32 Å². The second-order valence-electron chi connectivity index (χ2n) is 6.88. The zero-order valence-corrected chi connectivity index (χ0v) is 16.8. The van der Waals surface area contributed by atoms with Gasteiger partial charge in [0.2, 0.25) is 5.78 Å². The summed E-state index contributed by atoms with van der Waals surface area (Å²) in [6, 6.07) is 6.26. The number of carbonyl (C=O) groups excluding carboxylic acids is 3. The van der Waals surface area contributed by atoms with Crippen LogP contribution >= 0.6 is 0 Å². The van der Waals surface area contributed by atoms with Crippen molar-refractivity contribution < 1.29 is 27.9 Å². The van der Waals surface area contributed by atoms with E-state index < -0.39 is 29.6 Å². The molecule has 0 aromatic heterocycles. The first-order chi connectivity index (χ1) is 13.6. The molecule has 2 aromatic carbocycles. The molecule has 1 N–H and O–H groups in total. The fraction of sp³-hybridized carbons (Fsp3) is 0.318. The topological polar surface area (TPSA) is 72.5 Å². The molecule has 5 nitrogen and oxygen atoms in total. The van der Waals surface area contributed by atoms with Crippen LogP contribution in [0.15, 0.2) is 30.3 Å². The number of ether oxygens (including phenoxy) is 1. The Balaban J connectivity index is 1.88. The van der Waals surface area contributed by atoms with Gasteiger partial charge >= 0.3 is 5.97 Å². The lowest BCUT2D eigenvalue weighted by Crippen LogP contribution is -2.30. The largest absolute Gasteiger partial charge is 0.454 e. The second kappa shape index (κ2) is 9.41. The molecule has 0 radical (unpaired) electrons. The molecule has 1 unspecified atom stereocenters. The number of benzene rings is 2. The number of esters is 1. The van der Waals surface area contributed by atoms with Gasteiger partial charge in [-0.2, -0.15) is 0 Å². The third-order valence-electron chi connectivity index (χ3n) is 4.57. The Kier molecular flexibility index (Phi) is 7.20. The van der Waals surface area contributed by atoms with E-state index in [4.69, 9.17) is 4.74 Å². The molecule has 0 aliphatic carbocycles. The molecule has 1 amide bonds. The van der Waals surface area contributed by atoms with Crippen LogP contribution in [-0.2, 0) is 9.53 Å².